The zero-order chi connectivity index (χ0) is 10.8. The van der Waals surface area contributed by atoms with E-state index in [9.17, 15) is 9.59 Å². The van der Waals surface area contributed by atoms with E-state index in [1.54, 1.807) is 0 Å². The molecular formula is C10H16O4. The second-order valence-corrected chi connectivity index (χ2v) is 3.87. The number of Topliss-reactive ketones (excluding diaryl/α,β-unsaturated/α-hetero) is 1. The number of ether oxygens (including phenoxy) is 1. The van der Waals surface area contributed by atoms with Gasteiger partial charge in [-0.15, -0.1) is 0 Å². The zero-order valence-corrected chi connectivity index (χ0v) is 8.58. The first-order chi connectivity index (χ1) is 6.52. The molecule has 4 heteroatoms. The SMILES string of the molecule is COC1(C(C)=O)CCC(C(=O)O)CC1. The van der Waals surface area contributed by atoms with Crippen LogP contribution in [0.3, 0.4) is 0 Å². The lowest BCUT2D eigenvalue weighted by Gasteiger charge is -2.35. The van der Waals surface area contributed by atoms with E-state index >= 15 is 0 Å². The minimum absolute atomic E-state index is 0.00355. The Balaban J connectivity index is 2.64. The number of hydrogen-bond donors (Lipinski definition) is 1. The van der Waals surface area contributed by atoms with E-state index in [0.29, 0.717) is 25.7 Å². The maximum absolute atomic E-state index is 11.4. The number of carboxylic acid groups (broad SMARTS) is 1. The van der Waals surface area contributed by atoms with Crippen molar-refractivity contribution in [3.63, 3.8) is 0 Å². The quantitative estimate of drug-likeness (QED) is 0.744. The van der Waals surface area contributed by atoms with Crippen LogP contribution in [0, 0.1) is 5.92 Å². The largest absolute Gasteiger partial charge is 0.481 e. The first kappa shape index (κ1) is 11.2. The number of ketones is 1. The van der Waals surface area contributed by atoms with E-state index in [1.165, 1.54) is 14.0 Å². The van der Waals surface area contributed by atoms with Crippen LogP contribution >= 0.6 is 0 Å². The molecule has 0 aromatic heterocycles. The number of rotatable bonds is 3. The van der Waals surface area contributed by atoms with E-state index < -0.39 is 11.6 Å². The Morgan fingerprint density at radius 2 is 1.86 bits per heavy atom. The van der Waals surface area contributed by atoms with Gasteiger partial charge in [0.15, 0.2) is 5.78 Å². The Labute approximate surface area is 83.2 Å². The Hall–Kier alpha value is -0.900. The van der Waals surface area contributed by atoms with Gasteiger partial charge in [0.25, 0.3) is 0 Å². The van der Waals surface area contributed by atoms with Gasteiger partial charge < -0.3 is 9.84 Å². The maximum atomic E-state index is 11.4. The van der Waals surface area contributed by atoms with Crippen LogP contribution in [0.4, 0.5) is 0 Å². The molecule has 1 aliphatic rings. The summed E-state index contributed by atoms with van der Waals surface area (Å²) in [4.78, 5) is 22.1. The van der Waals surface area contributed by atoms with Gasteiger partial charge in [0.1, 0.15) is 5.60 Å². The van der Waals surface area contributed by atoms with Gasteiger partial charge in [0.05, 0.1) is 5.92 Å². The molecule has 1 aliphatic carbocycles. The summed E-state index contributed by atoms with van der Waals surface area (Å²) in [5.41, 5.74) is -0.716. The zero-order valence-electron chi connectivity index (χ0n) is 8.58. The molecule has 1 saturated carbocycles. The van der Waals surface area contributed by atoms with Gasteiger partial charge in [-0.2, -0.15) is 0 Å². The Morgan fingerprint density at radius 3 is 2.14 bits per heavy atom. The number of methoxy groups -OCH3 is 1. The molecule has 80 valence electrons. The van der Waals surface area contributed by atoms with E-state index in [0.717, 1.165) is 0 Å². The first-order valence-electron chi connectivity index (χ1n) is 4.81. The molecule has 0 amide bonds. The summed E-state index contributed by atoms with van der Waals surface area (Å²) >= 11 is 0. The van der Waals surface area contributed by atoms with Crippen molar-refractivity contribution < 1.29 is 19.4 Å². The molecular weight excluding hydrogens is 184 g/mol. The highest BCUT2D eigenvalue weighted by molar-refractivity contribution is 5.85. The van der Waals surface area contributed by atoms with Crippen molar-refractivity contribution in [2.24, 2.45) is 5.92 Å². The fourth-order valence-electron chi connectivity index (χ4n) is 2.03. The van der Waals surface area contributed by atoms with Gasteiger partial charge in [-0.1, -0.05) is 0 Å². The number of carbonyl (C=O) groups excluding carboxylic acids is 1. The highest BCUT2D eigenvalue weighted by atomic mass is 16.5. The lowest BCUT2D eigenvalue weighted by Crippen LogP contribution is -2.43. The number of hydrogen-bond acceptors (Lipinski definition) is 3. The van der Waals surface area contributed by atoms with Crippen molar-refractivity contribution in [2.45, 2.75) is 38.2 Å². The Morgan fingerprint density at radius 1 is 1.36 bits per heavy atom. The van der Waals surface area contributed by atoms with E-state index in [2.05, 4.69) is 0 Å². The molecule has 1 rings (SSSR count). The van der Waals surface area contributed by atoms with Crippen molar-refractivity contribution in [1.82, 2.24) is 0 Å². The average molecular weight is 200 g/mol. The van der Waals surface area contributed by atoms with E-state index in [4.69, 9.17) is 9.84 Å². The third-order valence-electron chi connectivity index (χ3n) is 3.17. The highest BCUT2D eigenvalue weighted by Crippen LogP contribution is 2.35. The maximum Gasteiger partial charge on any atom is 0.306 e. The fourth-order valence-corrected chi connectivity index (χ4v) is 2.03. The minimum atomic E-state index is -0.766. The van der Waals surface area contributed by atoms with Gasteiger partial charge >= 0.3 is 5.97 Å². The van der Waals surface area contributed by atoms with Crippen LogP contribution in [0.5, 0.6) is 0 Å². The molecule has 0 saturated heterocycles. The molecule has 0 heterocycles. The predicted octanol–water partition coefficient (Wildman–Crippen LogP) is 1.24. The molecule has 14 heavy (non-hydrogen) atoms. The topological polar surface area (TPSA) is 63.6 Å². The summed E-state index contributed by atoms with van der Waals surface area (Å²) < 4.78 is 5.23. The smallest absolute Gasteiger partial charge is 0.306 e. The molecule has 4 nitrogen and oxygen atoms in total. The summed E-state index contributed by atoms with van der Waals surface area (Å²) in [6.07, 6.45) is 2.11. The van der Waals surface area contributed by atoms with Crippen LogP contribution < -0.4 is 0 Å². The molecule has 1 N–H and O–H groups in total. The third-order valence-corrected chi connectivity index (χ3v) is 3.17. The molecule has 1 fully saturated rings. The second-order valence-electron chi connectivity index (χ2n) is 3.87. The molecule has 0 spiro atoms. The van der Waals surface area contributed by atoms with Crippen LogP contribution in [0.25, 0.3) is 0 Å². The van der Waals surface area contributed by atoms with Crippen LogP contribution in [-0.2, 0) is 14.3 Å². The van der Waals surface area contributed by atoms with Crippen molar-refractivity contribution in [3.05, 3.63) is 0 Å². The average Bonchev–Trinajstić information content (AvgIpc) is 2.17. The molecule has 0 atom stereocenters. The summed E-state index contributed by atoms with van der Waals surface area (Å²) in [6, 6.07) is 0. The summed E-state index contributed by atoms with van der Waals surface area (Å²) in [7, 11) is 1.52. The van der Waals surface area contributed by atoms with Crippen LogP contribution in [0.15, 0.2) is 0 Å². The number of aliphatic carboxylic acids is 1. The van der Waals surface area contributed by atoms with Crippen molar-refractivity contribution in [2.75, 3.05) is 7.11 Å². The monoisotopic (exact) mass is 200 g/mol. The Kier molecular flexibility index (Phi) is 3.26. The van der Waals surface area contributed by atoms with Crippen LogP contribution in [0.1, 0.15) is 32.6 Å². The fraction of sp³-hybridized carbons (Fsp3) is 0.800. The number of carbonyl (C=O) groups is 2. The summed E-state index contributed by atoms with van der Waals surface area (Å²) in [5.74, 6) is -1.07. The second kappa shape index (κ2) is 4.09. The van der Waals surface area contributed by atoms with Crippen LogP contribution in [-0.4, -0.2) is 29.6 Å². The summed E-state index contributed by atoms with van der Waals surface area (Å²) in [6.45, 7) is 1.50. The van der Waals surface area contributed by atoms with E-state index in [-0.39, 0.29) is 11.7 Å². The van der Waals surface area contributed by atoms with Gasteiger partial charge in [0.2, 0.25) is 0 Å². The van der Waals surface area contributed by atoms with Gasteiger partial charge in [-0.25, -0.2) is 0 Å². The lowest BCUT2D eigenvalue weighted by molar-refractivity contribution is -0.152. The molecule has 0 aromatic rings. The first-order valence-corrected chi connectivity index (χ1v) is 4.81. The van der Waals surface area contributed by atoms with Gasteiger partial charge in [-0.05, 0) is 32.6 Å². The standard InChI is InChI=1S/C10H16O4/c1-7(11)10(14-2)5-3-8(4-6-10)9(12)13/h8H,3-6H2,1-2H3,(H,12,13). The lowest BCUT2D eigenvalue weighted by atomic mass is 9.77. The third kappa shape index (κ3) is 1.95. The van der Waals surface area contributed by atoms with Gasteiger partial charge in [0, 0.05) is 7.11 Å². The normalized spacial score (nSPS) is 32.6. The van der Waals surface area contributed by atoms with Gasteiger partial charge in [-0.3, -0.25) is 9.59 Å². The molecule has 0 radical (unpaired) electrons. The van der Waals surface area contributed by atoms with Crippen LogP contribution in [0.2, 0.25) is 0 Å². The molecule has 0 aromatic carbocycles. The molecule has 0 aliphatic heterocycles. The van der Waals surface area contributed by atoms with Crippen molar-refractivity contribution in [1.29, 1.82) is 0 Å². The molecule has 0 unspecified atom stereocenters. The Bertz CT molecular complexity index is 239. The number of carboxylic acids is 1. The highest BCUT2D eigenvalue weighted by Gasteiger charge is 2.41. The van der Waals surface area contributed by atoms with Crippen molar-refractivity contribution >= 4 is 11.8 Å². The predicted molar refractivity (Wildman–Crippen MR) is 50.0 cm³/mol. The minimum Gasteiger partial charge on any atom is -0.481 e. The molecule has 0 bridgehead atoms. The van der Waals surface area contributed by atoms with E-state index in [1.807, 2.05) is 0 Å². The summed E-state index contributed by atoms with van der Waals surface area (Å²) in [5, 5.41) is 8.79. The van der Waals surface area contributed by atoms with Crippen molar-refractivity contribution in [3.8, 4) is 0 Å².